The summed E-state index contributed by atoms with van der Waals surface area (Å²) >= 11 is 6.06. The first-order valence-corrected chi connectivity index (χ1v) is 7.37. The number of imide groups is 1. The summed E-state index contributed by atoms with van der Waals surface area (Å²) in [6, 6.07) is 3.79. The third-order valence-corrected chi connectivity index (χ3v) is 5.16. The molecule has 4 atom stereocenters. The summed E-state index contributed by atoms with van der Waals surface area (Å²) in [6.07, 6.45) is 4.88. The Kier molecular flexibility index (Phi) is 2.69. The summed E-state index contributed by atoms with van der Waals surface area (Å²) in [5, 5.41) is 10.8. The summed E-state index contributed by atoms with van der Waals surface area (Å²) in [6.45, 7) is 0. The van der Waals surface area contributed by atoms with Crippen molar-refractivity contribution in [2.45, 2.75) is 6.42 Å². The summed E-state index contributed by atoms with van der Waals surface area (Å²) in [4.78, 5) is 36.6. The highest BCUT2D eigenvalue weighted by Crippen LogP contribution is 2.53. The van der Waals surface area contributed by atoms with Gasteiger partial charge in [0.2, 0.25) is 11.8 Å². The van der Waals surface area contributed by atoms with Gasteiger partial charge in [0, 0.05) is 12.1 Å². The van der Waals surface area contributed by atoms with E-state index in [0.29, 0.717) is 0 Å². The third kappa shape index (κ3) is 1.61. The van der Waals surface area contributed by atoms with E-state index in [9.17, 15) is 19.7 Å². The van der Waals surface area contributed by atoms with Crippen molar-refractivity contribution in [3.05, 3.63) is 45.5 Å². The lowest BCUT2D eigenvalue weighted by molar-refractivity contribution is -0.384. The first-order chi connectivity index (χ1) is 10.5. The molecule has 0 spiro atoms. The zero-order valence-electron chi connectivity index (χ0n) is 11.3. The number of fused-ring (bicyclic) bond motifs is 5. The topological polar surface area (TPSA) is 80.5 Å². The van der Waals surface area contributed by atoms with Gasteiger partial charge in [-0.3, -0.25) is 19.7 Å². The van der Waals surface area contributed by atoms with Gasteiger partial charge in [-0.05, 0) is 24.3 Å². The monoisotopic (exact) mass is 318 g/mol. The Hall–Kier alpha value is -2.21. The smallest absolute Gasteiger partial charge is 0.271 e. The fourth-order valence-corrected chi connectivity index (χ4v) is 4.19. The quantitative estimate of drug-likeness (QED) is 0.363. The summed E-state index contributed by atoms with van der Waals surface area (Å²) < 4.78 is 0. The lowest BCUT2D eigenvalue weighted by Gasteiger charge is -2.18. The molecule has 2 amide bonds. The highest BCUT2D eigenvalue weighted by atomic mass is 35.5. The molecule has 1 saturated carbocycles. The van der Waals surface area contributed by atoms with Crippen molar-refractivity contribution in [2.24, 2.45) is 23.7 Å². The van der Waals surface area contributed by atoms with Crippen LogP contribution in [0.25, 0.3) is 0 Å². The fourth-order valence-electron chi connectivity index (χ4n) is 3.93. The number of non-ortho nitro benzene ring substituents is 1. The van der Waals surface area contributed by atoms with Gasteiger partial charge in [-0.2, -0.15) is 0 Å². The van der Waals surface area contributed by atoms with Crippen LogP contribution in [0, 0.1) is 33.8 Å². The molecule has 112 valence electrons. The fraction of sp³-hybridized carbons (Fsp3) is 0.333. The summed E-state index contributed by atoms with van der Waals surface area (Å²) in [5.41, 5.74) is 0.0610. The minimum atomic E-state index is -0.567. The molecule has 0 radical (unpaired) electrons. The van der Waals surface area contributed by atoms with Crippen molar-refractivity contribution in [3.8, 4) is 0 Å². The van der Waals surface area contributed by atoms with Gasteiger partial charge >= 0.3 is 0 Å². The standard InChI is InChI=1S/C15H11ClN2O4/c16-10-6-9(18(21)22)3-4-11(10)17-14(19)12-7-1-2-8(5-7)13(12)15(17)20/h1-4,6-8,12-13H,5H2/t7-,8-,12+,13+/m0/s1. The number of hydrogen-bond donors (Lipinski definition) is 0. The molecule has 1 aliphatic heterocycles. The molecule has 22 heavy (non-hydrogen) atoms. The van der Waals surface area contributed by atoms with Crippen molar-refractivity contribution in [1.82, 2.24) is 0 Å². The number of benzene rings is 1. The number of hydrogen-bond acceptors (Lipinski definition) is 4. The molecule has 2 aliphatic carbocycles. The van der Waals surface area contributed by atoms with Crippen LogP contribution >= 0.6 is 11.6 Å². The Morgan fingerprint density at radius 2 is 1.73 bits per heavy atom. The van der Waals surface area contributed by atoms with E-state index in [1.807, 2.05) is 12.2 Å². The van der Waals surface area contributed by atoms with Gasteiger partial charge in [0.15, 0.2) is 0 Å². The van der Waals surface area contributed by atoms with Gasteiger partial charge in [-0.25, -0.2) is 4.90 Å². The number of allylic oxidation sites excluding steroid dienone is 2. The number of nitrogens with zero attached hydrogens (tertiary/aromatic N) is 2. The second-order valence-electron chi connectivity index (χ2n) is 5.90. The van der Waals surface area contributed by atoms with E-state index in [4.69, 9.17) is 11.6 Å². The summed E-state index contributed by atoms with van der Waals surface area (Å²) in [5.74, 6) is -0.880. The molecule has 2 bridgehead atoms. The first kappa shape index (κ1) is 13.5. The predicted molar refractivity (Wildman–Crippen MR) is 78.3 cm³/mol. The van der Waals surface area contributed by atoms with Crippen molar-refractivity contribution in [1.29, 1.82) is 0 Å². The Morgan fingerprint density at radius 3 is 2.23 bits per heavy atom. The van der Waals surface area contributed by atoms with Crippen LogP contribution in [0.3, 0.4) is 0 Å². The number of rotatable bonds is 2. The molecule has 0 aromatic heterocycles. The largest absolute Gasteiger partial charge is 0.274 e. The molecular weight excluding hydrogens is 308 g/mol. The number of amides is 2. The van der Waals surface area contributed by atoms with Gasteiger partial charge < -0.3 is 0 Å². The van der Waals surface area contributed by atoms with Crippen LogP contribution in [0.5, 0.6) is 0 Å². The maximum Gasteiger partial charge on any atom is 0.271 e. The van der Waals surface area contributed by atoms with Crippen LogP contribution < -0.4 is 4.90 Å². The maximum atomic E-state index is 12.6. The second-order valence-corrected chi connectivity index (χ2v) is 6.31. The Balaban J connectivity index is 1.74. The predicted octanol–water partition coefficient (Wildman–Crippen LogP) is 2.56. The Bertz CT molecular complexity index is 730. The number of carbonyl (C=O) groups is 2. The first-order valence-electron chi connectivity index (χ1n) is 6.99. The van der Waals surface area contributed by atoms with Gasteiger partial charge in [-0.15, -0.1) is 0 Å². The van der Waals surface area contributed by atoms with Crippen LogP contribution in [0.15, 0.2) is 30.4 Å². The van der Waals surface area contributed by atoms with Gasteiger partial charge in [0.1, 0.15) is 0 Å². The molecule has 6 nitrogen and oxygen atoms in total. The average molecular weight is 319 g/mol. The van der Waals surface area contributed by atoms with E-state index in [1.165, 1.54) is 18.2 Å². The molecule has 1 saturated heterocycles. The van der Waals surface area contributed by atoms with E-state index in [1.54, 1.807) is 0 Å². The van der Waals surface area contributed by atoms with Crippen molar-refractivity contribution >= 4 is 34.8 Å². The molecule has 7 heteroatoms. The van der Waals surface area contributed by atoms with Crippen molar-refractivity contribution in [2.75, 3.05) is 4.90 Å². The van der Waals surface area contributed by atoms with E-state index in [-0.39, 0.29) is 51.9 Å². The molecular formula is C15H11ClN2O4. The van der Waals surface area contributed by atoms with Crippen molar-refractivity contribution in [3.63, 3.8) is 0 Å². The number of halogens is 1. The normalized spacial score (nSPS) is 32.0. The Morgan fingerprint density at radius 1 is 1.14 bits per heavy atom. The zero-order chi connectivity index (χ0) is 15.6. The molecule has 1 heterocycles. The number of anilines is 1. The molecule has 4 rings (SSSR count). The highest BCUT2D eigenvalue weighted by molar-refractivity contribution is 6.36. The van der Waals surface area contributed by atoms with E-state index in [2.05, 4.69) is 0 Å². The van der Waals surface area contributed by atoms with E-state index >= 15 is 0 Å². The molecule has 3 aliphatic rings. The average Bonchev–Trinajstić information content (AvgIpc) is 3.14. The molecule has 1 aromatic carbocycles. The third-order valence-electron chi connectivity index (χ3n) is 4.85. The SMILES string of the molecule is O=C1[C@H]2[C@H](C(=O)N1c1ccc([N+](=O)[O-])cc1Cl)[C@H]1C=C[C@H]2C1. The lowest BCUT2D eigenvalue weighted by atomic mass is 9.85. The van der Waals surface area contributed by atoms with E-state index < -0.39 is 4.92 Å². The molecule has 1 aromatic rings. The minimum Gasteiger partial charge on any atom is -0.274 e. The number of nitro benzene ring substituents is 1. The number of carbonyl (C=O) groups excluding carboxylic acids is 2. The van der Waals surface area contributed by atoms with E-state index in [0.717, 1.165) is 11.3 Å². The maximum absolute atomic E-state index is 12.6. The zero-order valence-corrected chi connectivity index (χ0v) is 12.1. The minimum absolute atomic E-state index is 0.0381. The van der Waals surface area contributed by atoms with Gasteiger partial charge in [0.25, 0.3) is 5.69 Å². The highest BCUT2D eigenvalue weighted by Gasteiger charge is 2.59. The van der Waals surface area contributed by atoms with Crippen LogP contribution in [0.4, 0.5) is 11.4 Å². The molecule has 2 fully saturated rings. The van der Waals surface area contributed by atoms with Crippen LogP contribution in [-0.2, 0) is 9.59 Å². The molecule has 0 N–H and O–H groups in total. The lowest BCUT2D eigenvalue weighted by Crippen LogP contribution is -2.33. The summed E-state index contributed by atoms with van der Waals surface area (Å²) in [7, 11) is 0. The van der Waals surface area contributed by atoms with Gasteiger partial charge in [0.05, 0.1) is 27.5 Å². The van der Waals surface area contributed by atoms with Crippen LogP contribution in [0.1, 0.15) is 6.42 Å². The van der Waals surface area contributed by atoms with Crippen LogP contribution in [-0.4, -0.2) is 16.7 Å². The second kappa shape index (κ2) is 4.39. The van der Waals surface area contributed by atoms with Crippen LogP contribution in [0.2, 0.25) is 5.02 Å². The Labute approximate surface area is 130 Å². The van der Waals surface area contributed by atoms with Crippen molar-refractivity contribution < 1.29 is 14.5 Å². The number of nitro groups is 1. The molecule has 0 unspecified atom stereocenters. The van der Waals surface area contributed by atoms with Gasteiger partial charge in [-0.1, -0.05) is 23.8 Å².